The second kappa shape index (κ2) is 7.88. The molecule has 3 aliphatic heterocycles. The molecule has 2 bridgehead atoms. The third-order valence-electron chi connectivity index (χ3n) is 7.75. The largest absolute Gasteiger partial charge is 0.462 e. The normalized spacial score (nSPS) is 37.9. The van der Waals surface area contributed by atoms with Gasteiger partial charge in [0, 0.05) is 17.0 Å². The van der Waals surface area contributed by atoms with Crippen LogP contribution in [0.3, 0.4) is 0 Å². The fraction of sp³-hybridized carbons (Fsp3) is 0.500. The number of benzene rings is 1. The molecule has 2 saturated heterocycles. The van der Waals surface area contributed by atoms with Crippen LogP contribution in [0.25, 0.3) is 10.1 Å². The smallest absolute Gasteiger partial charge is 0.348 e. The maximum Gasteiger partial charge on any atom is 0.348 e. The molecule has 1 aromatic carbocycles. The number of esters is 3. The van der Waals surface area contributed by atoms with E-state index in [2.05, 4.69) is 0 Å². The lowest BCUT2D eigenvalue weighted by Gasteiger charge is -2.32. The van der Waals surface area contributed by atoms with Crippen molar-refractivity contribution in [2.24, 2.45) is 11.8 Å². The molecule has 0 amide bonds. The van der Waals surface area contributed by atoms with Crippen molar-refractivity contribution in [1.29, 1.82) is 0 Å². The summed E-state index contributed by atoms with van der Waals surface area (Å²) in [4.78, 5) is 41.2. The van der Waals surface area contributed by atoms with Crippen molar-refractivity contribution in [3.05, 3.63) is 46.9 Å². The Bertz CT molecular complexity index is 1230. The Hall–Kier alpha value is -2.75. The Labute approximate surface area is 206 Å². The van der Waals surface area contributed by atoms with Gasteiger partial charge in [0.25, 0.3) is 0 Å². The zero-order valence-electron chi connectivity index (χ0n) is 19.9. The van der Waals surface area contributed by atoms with Gasteiger partial charge in [-0.3, -0.25) is 9.69 Å². The fourth-order valence-corrected chi connectivity index (χ4v) is 6.85. The number of rotatable bonds is 3. The summed E-state index contributed by atoms with van der Waals surface area (Å²) < 4.78 is 24.8. The van der Waals surface area contributed by atoms with Crippen molar-refractivity contribution in [3.8, 4) is 0 Å². The van der Waals surface area contributed by atoms with E-state index in [0.717, 1.165) is 10.1 Å². The van der Waals surface area contributed by atoms with Crippen LogP contribution in [-0.2, 0) is 28.5 Å². The van der Waals surface area contributed by atoms with E-state index in [4.69, 9.17) is 18.9 Å². The first kappa shape index (κ1) is 22.7. The van der Waals surface area contributed by atoms with Crippen LogP contribution in [-0.4, -0.2) is 73.0 Å². The Balaban J connectivity index is 1.38. The fourth-order valence-electron chi connectivity index (χ4n) is 5.91. The zero-order chi connectivity index (χ0) is 24.6. The number of nitrogens with zero attached hydrogens (tertiary/aromatic N) is 1. The maximum absolute atomic E-state index is 13.3. The molecule has 2 aromatic rings. The average Bonchev–Trinajstić information content (AvgIpc) is 3.08. The van der Waals surface area contributed by atoms with E-state index >= 15 is 0 Å². The average molecular weight is 498 g/mol. The summed E-state index contributed by atoms with van der Waals surface area (Å²) in [7, 11) is 3.68. The highest BCUT2D eigenvalue weighted by molar-refractivity contribution is 7.20. The van der Waals surface area contributed by atoms with Crippen molar-refractivity contribution in [3.63, 3.8) is 0 Å². The van der Waals surface area contributed by atoms with Gasteiger partial charge >= 0.3 is 17.9 Å². The van der Waals surface area contributed by atoms with Gasteiger partial charge in [-0.05, 0) is 44.6 Å². The van der Waals surface area contributed by atoms with Gasteiger partial charge in [0.1, 0.15) is 23.2 Å². The van der Waals surface area contributed by atoms with Gasteiger partial charge in [-0.15, -0.1) is 11.3 Å². The quantitative estimate of drug-likeness (QED) is 0.363. The van der Waals surface area contributed by atoms with Gasteiger partial charge in [0.2, 0.25) is 0 Å². The van der Waals surface area contributed by atoms with Crippen LogP contribution in [0.1, 0.15) is 29.9 Å². The minimum atomic E-state index is -0.753. The van der Waals surface area contributed by atoms with Gasteiger partial charge in [-0.2, -0.15) is 0 Å². The molecule has 0 radical (unpaired) electrons. The summed E-state index contributed by atoms with van der Waals surface area (Å²) in [5.74, 6) is -1.90. The number of epoxide rings is 1. The molecule has 0 spiro atoms. The number of thiophene rings is 1. The predicted octanol–water partition coefficient (Wildman–Crippen LogP) is 2.95. The number of carbonyl (C=O) groups excluding carboxylic acids is 3. The molecule has 1 unspecified atom stereocenters. The predicted molar refractivity (Wildman–Crippen MR) is 127 cm³/mol. The monoisotopic (exact) mass is 497 g/mol. The third-order valence-corrected chi connectivity index (χ3v) is 8.85. The van der Waals surface area contributed by atoms with Crippen molar-refractivity contribution in [2.45, 2.75) is 56.3 Å². The van der Waals surface area contributed by atoms with Crippen LogP contribution in [0.5, 0.6) is 0 Å². The zero-order valence-corrected chi connectivity index (χ0v) is 20.7. The van der Waals surface area contributed by atoms with Crippen LogP contribution in [0.15, 0.2) is 42.0 Å². The van der Waals surface area contributed by atoms with Crippen molar-refractivity contribution >= 4 is 39.3 Å². The molecular weight excluding hydrogens is 470 g/mol. The Morgan fingerprint density at radius 2 is 1.97 bits per heavy atom. The van der Waals surface area contributed by atoms with E-state index < -0.39 is 53.9 Å². The first-order valence-corrected chi connectivity index (χ1v) is 12.6. The molecule has 8 nitrogen and oxygen atoms in total. The number of carbonyl (C=O) groups is 3. The Morgan fingerprint density at radius 1 is 1.20 bits per heavy atom. The number of ether oxygens (including phenoxy) is 4. The van der Waals surface area contributed by atoms with Crippen LogP contribution in [0.2, 0.25) is 0 Å². The number of hydrogen-bond donors (Lipinski definition) is 0. The third kappa shape index (κ3) is 3.59. The topological polar surface area (TPSA) is 94.7 Å². The van der Waals surface area contributed by atoms with E-state index in [-0.39, 0.29) is 11.9 Å². The summed E-state index contributed by atoms with van der Waals surface area (Å²) in [6.45, 7) is 3.75. The SMILES string of the molecule is CC1C(=O)O[C@H]2C[C@]3(C)O[C@H]3[C@H](OC(=O)c3cc4ccccc4s3)[C@@H](N(C)C)C3=C[C@@H](OC3=O)[C@H]12. The molecule has 35 heavy (non-hydrogen) atoms. The van der Waals surface area contributed by atoms with Crippen LogP contribution in [0, 0.1) is 11.8 Å². The Morgan fingerprint density at radius 3 is 2.71 bits per heavy atom. The van der Waals surface area contributed by atoms with Gasteiger partial charge < -0.3 is 18.9 Å². The minimum Gasteiger partial charge on any atom is -0.462 e. The van der Waals surface area contributed by atoms with Crippen LogP contribution in [0.4, 0.5) is 0 Å². The maximum atomic E-state index is 13.3. The summed E-state index contributed by atoms with van der Waals surface area (Å²) in [6, 6.07) is 9.03. The van der Waals surface area contributed by atoms with Gasteiger partial charge in [0.05, 0.1) is 23.1 Å². The summed E-state index contributed by atoms with van der Waals surface area (Å²) >= 11 is 1.37. The second-order valence-electron chi connectivity index (χ2n) is 10.3. The molecule has 4 aliphatic rings. The standard InChI is InChI=1S/C26H27NO7S/c1-12-19-15-10-14(24(29)31-15)20(27(3)4)21(22-26(2,34-22)11-16(19)32-23(12)28)33-25(30)18-9-13-7-5-6-8-17(13)35-18/h5-10,12,15-16,19-22H,11H2,1-4H3/t12?,15-,16+,19+,20+,21-,22+,26+/m1/s1. The minimum absolute atomic E-state index is 0.286. The molecule has 4 heterocycles. The summed E-state index contributed by atoms with van der Waals surface area (Å²) in [6.07, 6.45) is -0.0214. The highest BCUT2D eigenvalue weighted by Gasteiger charge is 2.65. The lowest BCUT2D eigenvalue weighted by atomic mass is 9.79. The molecule has 0 saturated carbocycles. The lowest BCUT2D eigenvalue weighted by molar-refractivity contribution is -0.144. The highest BCUT2D eigenvalue weighted by Crippen LogP contribution is 2.51. The molecular formula is C26H27NO7S. The van der Waals surface area contributed by atoms with E-state index in [0.29, 0.717) is 16.9 Å². The molecule has 9 heteroatoms. The number of fused-ring (bicyclic) bond motifs is 5. The van der Waals surface area contributed by atoms with E-state index in [1.54, 1.807) is 6.08 Å². The van der Waals surface area contributed by atoms with Crippen LogP contribution >= 0.6 is 11.3 Å². The second-order valence-corrected chi connectivity index (χ2v) is 11.4. The number of likely N-dealkylation sites (N-methyl/N-ethyl adjacent to an activating group) is 1. The first-order valence-electron chi connectivity index (χ1n) is 11.8. The van der Waals surface area contributed by atoms with Crippen molar-refractivity contribution in [2.75, 3.05) is 14.1 Å². The Kier molecular flexibility index (Phi) is 5.11. The first-order chi connectivity index (χ1) is 16.7. The van der Waals surface area contributed by atoms with Crippen LogP contribution < -0.4 is 0 Å². The summed E-state index contributed by atoms with van der Waals surface area (Å²) in [5, 5.41) is 0.972. The molecule has 184 valence electrons. The van der Waals surface area contributed by atoms with E-state index in [1.165, 1.54) is 11.3 Å². The van der Waals surface area contributed by atoms with E-state index in [9.17, 15) is 14.4 Å². The van der Waals surface area contributed by atoms with E-state index in [1.807, 2.05) is 63.2 Å². The summed E-state index contributed by atoms with van der Waals surface area (Å²) in [5.41, 5.74) is -0.244. The lowest BCUT2D eigenvalue weighted by Crippen LogP contribution is -2.49. The van der Waals surface area contributed by atoms with Crippen molar-refractivity contribution < 1.29 is 33.3 Å². The molecule has 2 fully saturated rings. The highest BCUT2D eigenvalue weighted by atomic mass is 32.1. The van der Waals surface area contributed by atoms with Gasteiger partial charge in [0.15, 0.2) is 6.10 Å². The van der Waals surface area contributed by atoms with Crippen molar-refractivity contribution in [1.82, 2.24) is 4.90 Å². The molecule has 6 rings (SSSR count). The molecule has 0 N–H and O–H groups in total. The molecule has 1 aliphatic carbocycles. The molecule has 1 aromatic heterocycles. The number of hydrogen-bond acceptors (Lipinski definition) is 9. The van der Waals surface area contributed by atoms with Gasteiger partial charge in [-0.1, -0.05) is 25.1 Å². The van der Waals surface area contributed by atoms with Gasteiger partial charge in [-0.25, -0.2) is 9.59 Å². The molecule has 8 atom stereocenters.